The van der Waals surface area contributed by atoms with Gasteiger partial charge >= 0.3 is 0 Å². The molecule has 5 rings (SSSR count). The number of ether oxygens (including phenoxy) is 1. The van der Waals surface area contributed by atoms with Crippen LogP contribution in [0.1, 0.15) is 6.92 Å². The minimum Gasteiger partial charge on any atom is -0.479 e. The summed E-state index contributed by atoms with van der Waals surface area (Å²) in [4.78, 5) is 23.9. The van der Waals surface area contributed by atoms with Crippen LogP contribution in [0.15, 0.2) is 65.7 Å². The van der Waals surface area contributed by atoms with Gasteiger partial charge in [0.1, 0.15) is 5.75 Å². The Morgan fingerprint density at radius 2 is 1.88 bits per heavy atom. The van der Waals surface area contributed by atoms with Crippen LogP contribution >= 0.6 is 0 Å². The van der Waals surface area contributed by atoms with E-state index in [1.807, 2.05) is 24.3 Å². The molecule has 1 amide bonds. The number of nitrogens with zero attached hydrogens (tertiary/aromatic N) is 3. The lowest BCUT2D eigenvalue weighted by Crippen LogP contribution is -2.34. The van der Waals surface area contributed by atoms with E-state index in [1.165, 1.54) is 6.39 Å². The Balaban J connectivity index is 1.33. The third-order valence-electron chi connectivity index (χ3n) is 4.78. The fourth-order valence-corrected chi connectivity index (χ4v) is 3.14. The number of halogens is 1. The highest BCUT2D eigenvalue weighted by atomic mass is 19.1. The van der Waals surface area contributed by atoms with Crippen molar-refractivity contribution in [3.05, 3.63) is 67.1 Å². The van der Waals surface area contributed by atoms with Crippen LogP contribution < -0.4 is 20.7 Å². The molecule has 1 aliphatic heterocycles. The van der Waals surface area contributed by atoms with Crippen molar-refractivity contribution < 1.29 is 18.3 Å². The molecular formula is C22H17FN6O3. The highest BCUT2D eigenvalue weighted by Crippen LogP contribution is 2.33. The van der Waals surface area contributed by atoms with Crippen molar-refractivity contribution in [2.45, 2.75) is 13.0 Å². The van der Waals surface area contributed by atoms with Crippen LogP contribution in [0, 0.1) is 5.82 Å². The SMILES string of the molecule is C[C@@H]1Oc2ccc(Nc3nc(Nc4ccc(-c5cnco5)cc4)ncc3F)cc2NC1=O. The van der Waals surface area contributed by atoms with E-state index in [-0.39, 0.29) is 17.7 Å². The second-order valence-electron chi connectivity index (χ2n) is 7.04. The molecule has 32 heavy (non-hydrogen) atoms. The average molecular weight is 432 g/mol. The molecule has 4 aromatic rings. The van der Waals surface area contributed by atoms with Crippen LogP contribution in [0.4, 0.5) is 33.2 Å². The van der Waals surface area contributed by atoms with Crippen molar-refractivity contribution >= 4 is 34.7 Å². The summed E-state index contributed by atoms with van der Waals surface area (Å²) in [6.07, 6.45) is 3.50. The largest absolute Gasteiger partial charge is 0.479 e. The van der Waals surface area contributed by atoms with Gasteiger partial charge in [-0.05, 0) is 49.4 Å². The van der Waals surface area contributed by atoms with Crippen molar-refractivity contribution in [2.75, 3.05) is 16.0 Å². The summed E-state index contributed by atoms with van der Waals surface area (Å²) in [7, 11) is 0. The molecule has 0 saturated heterocycles. The van der Waals surface area contributed by atoms with E-state index in [2.05, 4.69) is 30.9 Å². The van der Waals surface area contributed by atoms with Gasteiger partial charge in [-0.1, -0.05) is 0 Å². The molecule has 0 fully saturated rings. The Morgan fingerprint density at radius 1 is 1.06 bits per heavy atom. The Kier molecular flexibility index (Phi) is 4.86. The molecule has 0 bridgehead atoms. The van der Waals surface area contributed by atoms with E-state index in [1.54, 1.807) is 31.3 Å². The van der Waals surface area contributed by atoms with Crippen LogP contribution in [-0.4, -0.2) is 27.0 Å². The molecule has 0 aliphatic carbocycles. The lowest BCUT2D eigenvalue weighted by atomic mass is 10.2. The van der Waals surface area contributed by atoms with Gasteiger partial charge in [0.05, 0.1) is 18.1 Å². The summed E-state index contributed by atoms with van der Waals surface area (Å²) >= 11 is 0. The number of carbonyl (C=O) groups is 1. The summed E-state index contributed by atoms with van der Waals surface area (Å²) in [6, 6.07) is 12.4. The zero-order valence-electron chi connectivity index (χ0n) is 16.8. The molecule has 2 aromatic heterocycles. The maximum atomic E-state index is 14.3. The highest BCUT2D eigenvalue weighted by Gasteiger charge is 2.23. The molecule has 2 aromatic carbocycles. The third kappa shape index (κ3) is 3.93. The predicted octanol–water partition coefficient (Wildman–Crippen LogP) is 4.48. The number of benzene rings is 2. The van der Waals surface area contributed by atoms with Gasteiger partial charge in [-0.2, -0.15) is 4.98 Å². The topological polar surface area (TPSA) is 114 Å². The highest BCUT2D eigenvalue weighted by molar-refractivity contribution is 5.98. The summed E-state index contributed by atoms with van der Waals surface area (Å²) < 4.78 is 25.1. The number of amides is 1. The molecule has 0 spiro atoms. The molecule has 10 heteroatoms. The number of hydrogen-bond acceptors (Lipinski definition) is 8. The summed E-state index contributed by atoms with van der Waals surface area (Å²) in [5.74, 6) is 0.525. The standard InChI is InChI=1S/C22H17FN6O3/c1-12-21(30)28-17-8-15(6-7-18(17)32-12)26-20-16(23)9-25-22(29-20)27-14-4-2-13(3-5-14)19-10-24-11-31-19/h2-12H,1H3,(H,28,30)(H2,25,26,27,29)/t12-/m0/s1. The van der Waals surface area contributed by atoms with E-state index >= 15 is 0 Å². The van der Waals surface area contributed by atoms with Gasteiger partial charge in [-0.25, -0.2) is 14.4 Å². The van der Waals surface area contributed by atoms with E-state index in [0.717, 1.165) is 11.8 Å². The van der Waals surface area contributed by atoms with Crippen LogP contribution in [0.2, 0.25) is 0 Å². The van der Waals surface area contributed by atoms with Gasteiger partial charge in [0, 0.05) is 16.9 Å². The van der Waals surface area contributed by atoms with Gasteiger partial charge < -0.3 is 25.1 Å². The van der Waals surface area contributed by atoms with Crippen LogP contribution in [0.5, 0.6) is 5.75 Å². The monoisotopic (exact) mass is 432 g/mol. The van der Waals surface area contributed by atoms with E-state index in [4.69, 9.17) is 9.15 Å². The van der Waals surface area contributed by atoms with Gasteiger partial charge in [0.25, 0.3) is 5.91 Å². The van der Waals surface area contributed by atoms with Crippen LogP contribution in [0.25, 0.3) is 11.3 Å². The van der Waals surface area contributed by atoms with Crippen molar-refractivity contribution in [3.8, 4) is 17.1 Å². The molecule has 1 atom stereocenters. The van der Waals surface area contributed by atoms with Crippen molar-refractivity contribution in [1.82, 2.24) is 15.0 Å². The second-order valence-corrected chi connectivity index (χ2v) is 7.04. The lowest BCUT2D eigenvalue weighted by Gasteiger charge is -2.23. The molecule has 9 nitrogen and oxygen atoms in total. The molecular weight excluding hydrogens is 415 g/mol. The number of oxazole rings is 1. The summed E-state index contributed by atoms with van der Waals surface area (Å²) in [5.41, 5.74) is 2.61. The minimum absolute atomic E-state index is 0.0165. The second kappa shape index (κ2) is 7.99. The van der Waals surface area contributed by atoms with Crippen LogP contribution in [0.3, 0.4) is 0 Å². The molecule has 1 aliphatic rings. The number of rotatable bonds is 5. The van der Waals surface area contributed by atoms with Crippen molar-refractivity contribution in [3.63, 3.8) is 0 Å². The fraction of sp³-hybridized carbons (Fsp3) is 0.0909. The number of aromatic nitrogens is 3. The molecule has 3 heterocycles. The summed E-state index contributed by atoms with van der Waals surface area (Å²) in [6.45, 7) is 1.66. The average Bonchev–Trinajstić information content (AvgIpc) is 3.33. The molecule has 0 radical (unpaired) electrons. The zero-order chi connectivity index (χ0) is 22.1. The lowest BCUT2D eigenvalue weighted by molar-refractivity contribution is -0.122. The normalized spacial score (nSPS) is 14.8. The van der Waals surface area contributed by atoms with Crippen LogP contribution in [-0.2, 0) is 4.79 Å². The fourth-order valence-electron chi connectivity index (χ4n) is 3.14. The summed E-state index contributed by atoms with van der Waals surface area (Å²) in [5, 5.41) is 8.70. The number of fused-ring (bicyclic) bond motifs is 1. The molecule has 0 unspecified atom stereocenters. The number of anilines is 5. The van der Waals surface area contributed by atoms with Gasteiger partial charge in [-0.3, -0.25) is 4.79 Å². The molecule has 3 N–H and O–H groups in total. The van der Waals surface area contributed by atoms with Gasteiger partial charge in [-0.15, -0.1) is 0 Å². The Morgan fingerprint density at radius 3 is 2.66 bits per heavy atom. The number of carbonyl (C=O) groups excluding carboxylic acids is 1. The maximum Gasteiger partial charge on any atom is 0.265 e. The first-order valence-electron chi connectivity index (χ1n) is 9.72. The van der Waals surface area contributed by atoms with E-state index in [0.29, 0.717) is 28.6 Å². The predicted molar refractivity (Wildman–Crippen MR) is 116 cm³/mol. The molecule has 0 saturated carbocycles. The van der Waals surface area contributed by atoms with Gasteiger partial charge in [0.2, 0.25) is 5.95 Å². The van der Waals surface area contributed by atoms with Crippen molar-refractivity contribution in [1.29, 1.82) is 0 Å². The Hall–Kier alpha value is -4.47. The zero-order valence-corrected chi connectivity index (χ0v) is 16.8. The van der Waals surface area contributed by atoms with E-state index in [9.17, 15) is 9.18 Å². The Bertz CT molecular complexity index is 1280. The first-order valence-corrected chi connectivity index (χ1v) is 9.72. The molecule has 160 valence electrons. The first-order chi connectivity index (χ1) is 15.5. The van der Waals surface area contributed by atoms with Gasteiger partial charge in [0.15, 0.2) is 29.9 Å². The smallest absolute Gasteiger partial charge is 0.265 e. The number of hydrogen-bond donors (Lipinski definition) is 3. The third-order valence-corrected chi connectivity index (χ3v) is 4.78. The minimum atomic E-state index is -0.622. The maximum absolute atomic E-state index is 14.3. The number of nitrogens with one attached hydrogen (secondary N) is 3. The van der Waals surface area contributed by atoms with E-state index < -0.39 is 11.9 Å². The first kappa shape index (κ1) is 19.5. The van der Waals surface area contributed by atoms with Crippen molar-refractivity contribution in [2.24, 2.45) is 0 Å². The quantitative estimate of drug-likeness (QED) is 0.423. The Labute approximate surface area is 181 Å².